The van der Waals surface area contributed by atoms with E-state index in [0.29, 0.717) is 26.0 Å². The van der Waals surface area contributed by atoms with Gasteiger partial charge in [0.15, 0.2) is 0 Å². The Morgan fingerprint density at radius 1 is 0.967 bits per heavy atom. The third-order valence-corrected chi connectivity index (χ3v) is 7.24. The Morgan fingerprint density at radius 3 is 2.30 bits per heavy atom. The molecule has 0 radical (unpaired) electrons. The lowest BCUT2D eigenvalue weighted by Crippen LogP contribution is -2.51. The number of benzene rings is 2. The Morgan fingerprint density at radius 2 is 1.63 bits per heavy atom. The Hall–Kier alpha value is -2.82. The number of carboxylic acids is 1. The number of piperidine rings is 1. The second-order valence-electron chi connectivity index (χ2n) is 8.82. The Kier molecular flexibility index (Phi) is 4.97. The van der Waals surface area contributed by atoms with Gasteiger partial charge in [-0.05, 0) is 60.3 Å². The molecule has 5 nitrogen and oxygen atoms in total. The second-order valence-corrected chi connectivity index (χ2v) is 8.82. The minimum Gasteiger partial charge on any atom is -0.481 e. The van der Waals surface area contributed by atoms with Crippen LogP contribution in [0.4, 0.5) is 4.79 Å². The van der Waals surface area contributed by atoms with E-state index < -0.39 is 5.97 Å². The fraction of sp³-hybridized carbons (Fsp3) is 0.440. The van der Waals surface area contributed by atoms with Crippen LogP contribution in [0.5, 0.6) is 0 Å². The first-order chi connectivity index (χ1) is 14.6. The average molecular weight is 405 g/mol. The largest absolute Gasteiger partial charge is 0.481 e. The molecular formula is C25H27NO4. The molecule has 5 heteroatoms. The lowest BCUT2D eigenvalue weighted by atomic mass is 9.73. The molecule has 3 aliphatic rings. The van der Waals surface area contributed by atoms with E-state index in [1.165, 1.54) is 22.3 Å². The van der Waals surface area contributed by atoms with Crippen LogP contribution in [0.1, 0.15) is 49.1 Å². The minimum absolute atomic E-state index is 0.0599. The number of carboxylic acid groups (broad SMARTS) is 1. The monoisotopic (exact) mass is 405 g/mol. The third kappa shape index (κ3) is 3.26. The summed E-state index contributed by atoms with van der Waals surface area (Å²) in [6.45, 7) is 1.04. The van der Waals surface area contributed by atoms with E-state index >= 15 is 0 Å². The molecule has 2 aromatic carbocycles. The zero-order valence-corrected chi connectivity index (χ0v) is 17.0. The molecule has 1 saturated heterocycles. The van der Waals surface area contributed by atoms with Crippen LogP contribution >= 0.6 is 0 Å². The average Bonchev–Trinajstić information content (AvgIpc) is 3.10. The van der Waals surface area contributed by atoms with Crippen molar-refractivity contribution in [2.24, 2.45) is 11.8 Å². The number of likely N-dealkylation sites (tertiary alicyclic amines) is 1. The van der Waals surface area contributed by atoms with Crippen molar-refractivity contribution in [3.8, 4) is 11.1 Å². The smallest absolute Gasteiger partial charge is 0.410 e. The normalized spacial score (nSPS) is 25.2. The summed E-state index contributed by atoms with van der Waals surface area (Å²) in [4.78, 5) is 26.3. The van der Waals surface area contributed by atoms with Gasteiger partial charge in [-0.2, -0.15) is 0 Å². The topological polar surface area (TPSA) is 66.8 Å². The Bertz CT molecular complexity index is 926. The Balaban J connectivity index is 1.29. The van der Waals surface area contributed by atoms with E-state index in [1.54, 1.807) is 0 Å². The van der Waals surface area contributed by atoms with Crippen molar-refractivity contribution < 1.29 is 19.4 Å². The molecule has 3 unspecified atom stereocenters. The molecule has 0 bridgehead atoms. The van der Waals surface area contributed by atoms with Crippen molar-refractivity contribution in [3.63, 3.8) is 0 Å². The first-order valence-electron chi connectivity index (χ1n) is 11.0. The molecule has 30 heavy (non-hydrogen) atoms. The van der Waals surface area contributed by atoms with Crippen LogP contribution in [0.15, 0.2) is 48.5 Å². The van der Waals surface area contributed by atoms with Gasteiger partial charge >= 0.3 is 12.1 Å². The van der Waals surface area contributed by atoms with Crippen LogP contribution in [-0.4, -0.2) is 41.3 Å². The van der Waals surface area contributed by atoms with Gasteiger partial charge in [0, 0.05) is 18.5 Å². The summed E-state index contributed by atoms with van der Waals surface area (Å²) in [5, 5.41) is 9.36. The van der Waals surface area contributed by atoms with E-state index in [9.17, 15) is 14.7 Å². The van der Waals surface area contributed by atoms with E-state index in [2.05, 4.69) is 24.3 Å². The number of carbonyl (C=O) groups excluding carboxylic acids is 1. The number of carbonyl (C=O) groups is 2. The Labute approximate surface area is 176 Å². The number of aliphatic carboxylic acids is 1. The number of ether oxygens (including phenoxy) is 1. The third-order valence-electron chi connectivity index (χ3n) is 7.24. The molecule has 2 aromatic rings. The molecule has 2 fully saturated rings. The van der Waals surface area contributed by atoms with Gasteiger partial charge in [0.1, 0.15) is 6.61 Å². The van der Waals surface area contributed by atoms with Crippen molar-refractivity contribution in [1.82, 2.24) is 4.90 Å². The van der Waals surface area contributed by atoms with Crippen molar-refractivity contribution >= 4 is 12.1 Å². The van der Waals surface area contributed by atoms with Crippen molar-refractivity contribution in [2.75, 3.05) is 13.2 Å². The SMILES string of the molecule is O=C(O)C1CCC2C(CCCN2C(=O)OCC2c3ccccc3-c3ccccc32)C1. The maximum Gasteiger partial charge on any atom is 0.410 e. The van der Waals surface area contributed by atoms with Gasteiger partial charge in [-0.1, -0.05) is 48.5 Å². The molecule has 1 heterocycles. The lowest BCUT2D eigenvalue weighted by molar-refractivity contribution is -0.144. The van der Waals surface area contributed by atoms with Crippen LogP contribution in [0.2, 0.25) is 0 Å². The van der Waals surface area contributed by atoms with Gasteiger partial charge in [-0.15, -0.1) is 0 Å². The number of hydrogen-bond acceptors (Lipinski definition) is 3. The summed E-state index contributed by atoms with van der Waals surface area (Å²) < 4.78 is 5.87. The summed E-state index contributed by atoms with van der Waals surface area (Å²) >= 11 is 0. The highest BCUT2D eigenvalue weighted by molar-refractivity contribution is 5.79. The number of hydrogen-bond donors (Lipinski definition) is 1. The molecular weight excluding hydrogens is 378 g/mol. The quantitative estimate of drug-likeness (QED) is 0.789. The summed E-state index contributed by atoms with van der Waals surface area (Å²) in [6.07, 6.45) is 3.74. The fourth-order valence-electron chi connectivity index (χ4n) is 5.79. The second kappa shape index (κ2) is 7.78. The number of rotatable bonds is 3. The highest BCUT2D eigenvalue weighted by Crippen LogP contribution is 2.45. The van der Waals surface area contributed by atoms with Gasteiger partial charge in [0.05, 0.1) is 5.92 Å². The van der Waals surface area contributed by atoms with Gasteiger partial charge in [0.25, 0.3) is 0 Å². The highest BCUT2D eigenvalue weighted by Gasteiger charge is 2.41. The zero-order chi connectivity index (χ0) is 20.7. The summed E-state index contributed by atoms with van der Waals surface area (Å²) in [5.41, 5.74) is 4.87. The van der Waals surface area contributed by atoms with E-state index in [1.807, 2.05) is 29.2 Å². The number of nitrogens with zero attached hydrogens (tertiary/aromatic N) is 1. The molecule has 1 aliphatic heterocycles. The van der Waals surface area contributed by atoms with Crippen molar-refractivity contribution in [3.05, 3.63) is 59.7 Å². The molecule has 1 saturated carbocycles. The van der Waals surface area contributed by atoms with Crippen LogP contribution in [0.25, 0.3) is 11.1 Å². The summed E-state index contributed by atoms with van der Waals surface area (Å²) in [5.74, 6) is -0.640. The van der Waals surface area contributed by atoms with E-state index in [4.69, 9.17) is 4.74 Å². The maximum atomic E-state index is 13.0. The molecule has 156 valence electrons. The van der Waals surface area contributed by atoms with Crippen LogP contribution < -0.4 is 0 Å². The lowest BCUT2D eigenvalue weighted by Gasteiger charge is -2.44. The molecule has 1 N–H and O–H groups in total. The predicted molar refractivity (Wildman–Crippen MR) is 113 cm³/mol. The van der Waals surface area contributed by atoms with E-state index in [-0.39, 0.29) is 29.9 Å². The summed E-state index contributed by atoms with van der Waals surface area (Å²) in [6, 6.07) is 16.8. The molecule has 0 aromatic heterocycles. The van der Waals surface area contributed by atoms with Gasteiger partial charge in [-0.3, -0.25) is 4.79 Å². The van der Waals surface area contributed by atoms with E-state index in [0.717, 1.165) is 19.3 Å². The van der Waals surface area contributed by atoms with Gasteiger partial charge < -0.3 is 14.7 Å². The molecule has 3 atom stereocenters. The molecule has 2 aliphatic carbocycles. The van der Waals surface area contributed by atoms with Gasteiger partial charge in [0.2, 0.25) is 0 Å². The minimum atomic E-state index is -0.702. The first-order valence-corrected chi connectivity index (χ1v) is 11.0. The van der Waals surface area contributed by atoms with Crippen LogP contribution in [0.3, 0.4) is 0 Å². The van der Waals surface area contributed by atoms with Crippen LogP contribution in [-0.2, 0) is 9.53 Å². The predicted octanol–water partition coefficient (Wildman–Crippen LogP) is 4.90. The van der Waals surface area contributed by atoms with Gasteiger partial charge in [-0.25, -0.2) is 4.79 Å². The van der Waals surface area contributed by atoms with Crippen molar-refractivity contribution in [2.45, 2.75) is 44.1 Å². The van der Waals surface area contributed by atoms with Crippen LogP contribution in [0, 0.1) is 11.8 Å². The highest BCUT2D eigenvalue weighted by atomic mass is 16.6. The van der Waals surface area contributed by atoms with Crippen molar-refractivity contribution in [1.29, 1.82) is 0 Å². The zero-order valence-electron chi connectivity index (χ0n) is 17.0. The molecule has 5 rings (SSSR count). The number of fused-ring (bicyclic) bond motifs is 4. The molecule has 1 amide bonds. The maximum absolute atomic E-state index is 13.0. The summed E-state index contributed by atoms with van der Waals surface area (Å²) in [7, 11) is 0. The standard InChI is InChI=1S/C25H27NO4/c27-24(28)17-11-12-23-16(14-17)6-5-13-26(23)25(29)30-15-22-20-9-3-1-7-18(20)19-8-2-4-10-21(19)22/h1-4,7-10,16-17,22-23H,5-6,11-15H2,(H,27,28). The molecule has 0 spiro atoms. The number of amides is 1. The fourth-order valence-corrected chi connectivity index (χ4v) is 5.79. The first kappa shape index (κ1) is 19.2.